The predicted octanol–water partition coefficient (Wildman–Crippen LogP) is 3.93. The molecule has 0 N–H and O–H groups in total. The summed E-state index contributed by atoms with van der Waals surface area (Å²) in [6.07, 6.45) is 0.335. The molecule has 4 nitrogen and oxygen atoms in total. The van der Waals surface area contributed by atoms with Crippen molar-refractivity contribution in [2.75, 3.05) is 0 Å². The molecule has 0 spiro atoms. The molecule has 0 aliphatic carbocycles. The van der Waals surface area contributed by atoms with Gasteiger partial charge in [0.1, 0.15) is 6.61 Å². The van der Waals surface area contributed by atoms with Crippen LogP contribution in [0.25, 0.3) is 0 Å². The van der Waals surface area contributed by atoms with E-state index in [-0.39, 0.29) is 11.4 Å². The fourth-order valence-electron chi connectivity index (χ4n) is 2.44. The van der Waals surface area contributed by atoms with Gasteiger partial charge in [0.05, 0.1) is 18.7 Å². The van der Waals surface area contributed by atoms with Gasteiger partial charge in [-0.25, -0.2) is 0 Å². The quantitative estimate of drug-likeness (QED) is 0.785. The number of aromatic nitrogens is 2. The predicted molar refractivity (Wildman–Crippen MR) is 91.3 cm³/mol. The van der Waals surface area contributed by atoms with E-state index >= 15 is 0 Å². The Hall–Kier alpha value is -2.10. The van der Waals surface area contributed by atoms with E-state index < -0.39 is 0 Å². The summed E-state index contributed by atoms with van der Waals surface area (Å²) in [4.78, 5) is 11.9. The third-order valence-electron chi connectivity index (χ3n) is 3.85. The molecule has 0 radical (unpaired) electrons. The molecule has 4 heteroatoms. The Kier molecular flexibility index (Phi) is 5.24. The van der Waals surface area contributed by atoms with E-state index in [2.05, 4.69) is 38.0 Å². The number of nitrogens with zero attached hydrogens (tertiary/aromatic N) is 2. The summed E-state index contributed by atoms with van der Waals surface area (Å²) in [6, 6.07) is 10.2. The zero-order chi connectivity index (χ0) is 17.0. The van der Waals surface area contributed by atoms with Crippen molar-refractivity contribution in [3.05, 3.63) is 52.8 Å². The van der Waals surface area contributed by atoms with E-state index in [9.17, 15) is 4.79 Å². The third-order valence-corrected chi connectivity index (χ3v) is 3.85. The van der Waals surface area contributed by atoms with Crippen LogP contribution in [-0.2, 0) is 28.1 Å². The monoisotopic (exact) mass is 314 g/mol. The van der Waals surface area contributed by atoms with Crippen molar-refractivity contribution in [2.45, 2.75) is 59.6 Å². The molecule has 0 aliphatic rings. The van der Waals surface area contributed by atoms with Crippen LogP contribution in [0.2, 0.25) is 0 Å². The molecule has 0 amide bonds. The number of carbonyl (C=O) groups is 1. The van der Waals surface area contributed by atoms with Crippen molar-refractivity contribution >= 4 is 5.97 Å². The lowest BCUT2D eigenvalue weighted by Gasteiger charge is -2.19. The first-order valence-corrected chi connectivity index (χ1v) is 8.02. The molecule has 0 fully saturated rings. The summed E-state index contributed by atoms with van der Waals surface area (Å²) in [5.74, 6) is -0.197. The van der Waals surface area contributed by atoms with Gasteiger partial charge in [-0.1, -0.05) is 45.0 Å². The first kappa shape index (κ1) is 17.3. The van der Waals surface area contributed by atoms with Crippen LogP contribution >= 0.6 is 0 Å². The van der Waals surface area contributed by atoms with Crippen LogP contribution in [0.4, 0.5) is 0 Å². The maximum Gasteiger partial charge on any atom is 0.308 e. The van der Waals surface area contributed by atoms with Crippen LogP contribution < -0.4 is 0 Å². The Labute approximate surface area is 138 Å². The van der Waals surface area contributed by atoms with Gasteiger partial charge in [-0.2, -0.15) is 5.10 Å². The van der Waals surface area contributed by atoms with Crippen molar-refractivity contribution in [1.82, 2.24) is 9.78 Å². The Balaban J connectivity index is 1.81. The number of hydrogen-bond donors (Lipinski definition) is 0. The van der Waals surface area contributed by atoms with Gasteiger partial charge < -0.3 is 4.74 Å². The van der Waals surface area contributed by atoms with Gasteiger partial charge in [-0.3, -0.25) is 9.48 Å². The molecule has 1 aromatic heterocycles. The molecule has 124 valence electrons. The molecule has 2 rings (SSSR count). The lowest BCUT2D eigenvalue weighted by Crippen LogP contribution is -2.12. The van der Waals surface area contributed by atoms with E-state index in [4.69, 9.17) is 4.74 Å². The first-order valence-electron chi connectivity index (χ1n) is 8.02. The summed E-state index contributed by atoms with van der Waals surface area (Å²) in [5, 5.41) is 4.34. The lowest BCUT2D eigenvalue weighted by molar-refractivity contribution is -0.145. The number of aryl methyl sites for hydroxylation is 3. The van der Waals surface area contributed by atoms with E-state index in [1.807, 2.05) is 36.7 Å². The average Bonchev–Trinajstić information content (AvgIpc) is 2.80. The molecule has 1 aromatic carbocycles. The summed E-state index contributed by atoms with van der Waals surface area (Å²) in [5.41, 5.74) is 4.45. The second-order valence-corrected chi connectivity index (χ2v) is 7.01. The Morgan fingerprint density at radius 3 is 2.35 bits per heavy atom. The summed E-state index contributed by atoms with van der Waals surface area (Å²) in [7, 11) is 0. The highest BCUT2D eigenvalue weighted by molar-refractivity contribution is 5.69. The standard InChI is InChI=1S/C19H26N2O2/c1-14-12-15(2)21(20-14)11-10-18(22)23-13-16-6-8-17(9-7-16)19(3,4)5/h6-9,12H,10-11,13H2,1-5H3. The number of rotatable bonds is 5. The maximum atomic E-state index is 11.9. The van der Waals surface area contributed by atoms with Gasteiger partial charge in [0.2, 0.25) is 0 Å². The molecule has 0 atom stereocenters. The Morgan fingerprint density at radius 2 is 1.83 bits per heavy atom. The Morgan fingerprint density at radius 1 is 1.17 bits per heavy atom. The second kappa shape index (κ2) is 6.99. The number of hydrogen-bond acceptors (Lipinski definition) is 3. The van der Waals surface area contributed by atoms with Gasteiger partial charge in [0, 0.05) is 5.69 Å². The van der Waals surface area contributed by atoms with Crippen molar-refractivity contribution in [3.8, 4) is 0 Å². The zero-order valence-corrected chi connectivity index (χ0v) is 14.7. The van der Waals surface area contributed by atoms with Crippen LogP contribution in [0.1, 0.15) is 49.7 Å². The molecular weight excluding hydrogens is 288 g/mol. The second-order valence-electron chi connectivity index (χ2n) is 7.01. The highest BCUT2D eigenvalue weighted by atomic mass is 16.5. The largest absolute Gasteiger partial charge is 0.461 e. The van der Waals surface area contributed by atoms with E-state index in [1.54, 1.807) is 0 Å². The van der Waals surface area contributed by atoms with Crippen LogP contribution in [0, 0.1) is 13.8 Å². The molecule has 0 saturated carbocycles. The summed E-state index contributed by atoms with van der Waals surface area (Å²) >= 11 is 0. The number of benzene rings is 1. The topological polar surface area (TPSA) is 44.1 Å². The molecule has 23 heavy (non-hydrogen) atoms. The minimum atomic E-state index is -0.197. The molecule has 1 heterocycles. The molecule has 2 aromatic rings. The number of ether oxygens (including phenoxy) is 1. The summed E-state index contributed by atoms with van der Waals surface area (Å²) < 4.78 is 7.18. The SMILES string of the molecule is Cc1cc(C)n(CCC(=O)OCc2ccc(C(C)(C)C)cc2)n1. The zero-order valence-electron chi connectivity index (χ0n) is 14.7. The van der Waals surface area contributed by atoms with Gasteiger partial charge >= 0.3 is 5.97 Å². The van der Waals surface area contributed by atoms with Crippen LogP contribution in [0.5, 0.6) is 0 Å². The average molecular weight is 314 g/mol. The molecule has 0 saturated heterocycles. The van der Waals surface area contributed by atoms with Gasteiger partial charge in [-0.15, -0.1) is 0 Å². The fourth-order valence-corrected chi connectivity index (χ4v) is 2.44. The number of esters is 1. The fraction of sp³-hybridized carbons (Fsp3) is 0.474. The van der Waals surface area contributed by atoms with Gasteiger partial charge in [0.25, 0.3) is 0 Å². The maximum absolute atomic E-state index is 11.9. The molecule has 0 bridgehead atoms. The van der Waals surface area contributed by atoms with Gasteiger partial charge in [0.15, 0.2) is 0 Å². The lowest BCUT2D eigenvalue weighted by atomic mass is 9.87. The van der Waals surface area contributed by atoms with E-state index in [0.717, 1.165) is 17.0 Å². The number of carbonyl (C=O) groups excluding carboxylic acids is 1. The molecular formula is C19H26N2O2. The van der Waals surface area contributed by atoms with Crippen LogP contribution in [0.3, 0.4) is 0 Å². The minimum Gasteiger partial charge on any atom is -0.461 e. The highest BCUT2D eigenvalue weighted by Gasteiger charge is 2.13. The smallest absolute Gasteiger partial charge is 0.308 e. The van der Waals surface area contributed by atoms with E-state index in [1.165, 1.54) is 5.56 Å². The van der Waals surface area contributed by atoms with Crippen molar-refractivity contribution in [2.24, 2.45) is 0 Å². The third kappa shape index (κ3) is 4.95. The van der Waals surface area contributed by atoms with Crippen LogP contribution in [0.15, 0.2) is 30.3 Å². The summed E-state index contributed by atoms with van der Waals surface area (Å²) in [6.45, 7) is 11.4. The molecule has 0 unspecified atom stereocenters. The Bertz CT molecular complexity index is 664. The first-order chi connectivity index (χ1) is 10.8. The normalized spacial score (nSPS) is 11.5. The molecule has 0 aliphatic heterocycles. The van der Waals surface area contributed by atoms with Crippen molar-refractivity contribution in [3.63, 3.8) is 0 Å². The highest BCUT2D eigenvalue weighted by Crippen LogP contribution is 2.22. The van der Waals surface area contributed by atoms with Gasteiger partial charge in [-0.05, 0) is 36.5 Å². The van der Waals surface area contributed by atoms with Crippen LogP contribution in [-0.4, -0.2) is 15.7 Å². The van der Waals surface area contributed by atoms with Crippen molar-refractivity contribution < 1.29 is 9.53 Å². The van der Waals surface area contributed by atoms with Crippen molar-refractivity contribution in [1.29, 1.82) is 0 Å². The minimum absolute atomic E-state index is 0.134. The van der Waals surface area contributed by atoms with E-state index in [0.29, 0.717) is 19.6 Å².